The van der Waals surface area contributed by atoms with E-state index in [9.17, 15) is 4.79 Å². The predicted octanol–water partition coefficient (Wildman–Crippen LogP) is 2.22. The molecule has 1 heterocycles. The Balaban J connectivity index is 1.99. The van der Waals surface area contributed by atoms with Gasteiger partial charge in [-0.15, -0.1) is 0 Å². The fourth-order valence-corrected chi connectivity index (χ4v) is 3.26. The Labute approximate surface area is 105 Å². The molecule has 1 aliphatic heterocycles. The molecule has 0 aromatic rings. The van der Waals surface area contributed by atoms with Gasteiger partial charge in [0.25, 0.3) is 0 Å². The summed E-state index contributed by atoms with van der Waals surface area (Å²) in [5.74, 6) is 0.286. The molecular weight excluding hydrogens is 212 g/mol. The third-order valence-electron chi connectivity index (χ3n) is 4.77. The van der Waals surface area contributed by atoms with Gasteiger partial charge in [0.15, 0.2) is 0 Å². The van der Waals surface area contributed by atoms with Crippen LogP contribution < -0.4 is 10.6 Å². The minimum atomic E-state index is -0.138. The van der Waals surface area contributed by atoms with Crippen LogP contribution in [0.25, 0.3) is 0 Å². The lowest BCUT2D eigenvalue weighted by Crippen LogP contribution is -2.53. The van der Waals surface area contributed by atoms with Crippen LogP contribution in [-0.2, 0) is 4.79 Å². The van der Waals surface area contributed by atoms with Crippen molar-refractivity contribution in [3.05, 3.63) is 0 Å². The van der Waals surface area contributed by atoms with Crippen molar-refractivity contribution >= 4 is 5.91 Å². The van der Waals surface area contributed by atoms with E-state index in [2.05, 4.69) is 24.5 Å². The maximum absolute atomic E-state index is 12.5. The molecule has 2 rings (SSSR count). The third-order valence-corrected chi connectivity index (χ3v) is 4.77. The highest BCUT2D eigenvalue weighted by Gasteiger charge is 2.42. The van der Waals surface area contributed by atoms with Crippen LogP contribution in [0.4, 0.5) is 0 Å². The second kappa shape index (κ2) is 4.97. The highest BCUT2D eigenvalue weighted by atomic mass is 16.2. The van der Waals surface area contributed by atoms with Crippen molar-refractivity contribution in [2.45, 2.75) is 64.3 Å². The largest absolute Gasteiger partial charge is 0.350 e. The van der Waals surface area contributed by atoms with E-state index in [1.165, 1.54) is 19.3 Å². The van der Waals surface area contributed by atoms with Crippen LogP contribution in [0.3, 0.4) is 0 Å². The summed E-state index contributed by atoms with van der Waals surface area (Å²) in [4.78, 5) is 12.5. The van der Waals surface area contributed by atoms with E-state index >= 15 is 0 Å². The van der Waals surface area contributed by atoms with E-state index in [0.717, 1.165) is 38.8 Å². The first-order valence-corrected chi connectivity index (χ1v) is 7.14. The van der Waals surface area contributed by atoms with Crippen molar-refractivity contribution in [3.63, 3.8) is 0 Å². The van der Waals surface area contributed by atoms with Gasteiger partial charge in [-0.3, -0.25) is 4.79 Å². The summed E-state index contributed by atoms with van der Waals surface area (Å²) in [5, 5.41) is 6.68. The topological polar surface area (TPSA) is 41.1 Å². The average molecular weight is 238 g/mol. The molecule has 17 heavy (non-hydrogen) atoms. The SMILES string of the molecule is CCC1(C(=O)NC2(C)CCCCC2)CCNC1. The molecular formula is C14H26N2O. The van der Waals surface area contributed by atoms with Gasteiger partial charge in [-0.1, -0.05) is 26.2 Å². The second-order valence-corrected chi connectivity index (χ2v) is 6.14. The Morgan fingerprint density at radius 3 is 2.47 bits per heavy atom. The normalized spacial score (nSPS) is 32.4. The number of nitrogens with one attached hydrogen (secondary N) is 2. The number of hydrogen-bond donors (Lipinski definition) is 2. The summed E-state index contributed by atoms with van der Waals surface area (Å²) < 4.78 is 0. The standard InChI is InChI=1S/C14H26N2O/c1-3-14(9-10-15-11-14)12(17)16-13(2)7-5-4-6-8-13/h15H,3-11H2,1-2H3,(H,16,17). The first-order chi connectivity index (χ1) is 8.10. The maximum Gasteiger partial charge on any atom is 0.227 e. The number of carbonyl (C=O) groups is 1. The van der Waals surface area contributed by atoms with Crippen LogP contribution in [0, 0.1) is 5.41 Å². The van der Waals surface area contributed by atoms with Gasteiger partial charge in [-0.25, -0.2) is 0 Å². The van der Waals surface area contributed by atoms with Crippen LogP contribution in [0.5, 0.6) is 0 Å². The monoisotopic (exact) mass is 238 g/mol. The van der Waals surface area contributed by atoms with Gasteiger partial charge in [-0.05, 0) is 39.2 Å². The van der Waals surface area contributed by atoms with Gasteiger partial charge in [0.05, 0.1) is 5.41 Å². The molecule has 2 aliphatic rings. The quantitative estimate of drug-likeness (QED) is 0.791. The Morgan fingerprint density at radius 1 is 1.24 bits per heavy atom. The van der Waals surface area contributed by atoms with E-state index < -0.39 is 0 Å². The molecule has 0 spiro atoms. The van der Waals surface area contributed by atoms with E-state index in [1.807, 2.05) is 0 Å². The molecule has 1 amide bonds. The summed E-state index contributed by atoms with van der Waals surface area (Å²) in [5.41, 5.74) is -0.0828. The van der Waals surface area contributed by atoms with Gasteiger partial charge in [0, 0.05) is 12.1 Å². The molecule has 1 saturated carbocycles. The van der Waals surface area contributed by atoms with Crippen molar-refractivity contribution in [1.82, 2.24) is 10.6 Å². The number of hydrogen-bond acceptors (Lipinski definition) is 2. The average Bonchev–Trinajstić information content (AvgIpc) is 2.79. The van der Waals surface area contributed by atoms with Crippen LogP contribution in [0.2, 0.25) is 0 Å². The molecule has 2 fully saturated rings. The summed E-state index contributed by atoms with van der Waals surface area (Å²) in [7, 11) is 0. The van der Waals surface area contributed by atoms with Crippen LogP contribution in [0.1, 0.15) is 58.8 Å². The lowest BCUT2D eigenvalue weighted by molar-refractivity contribution is -0.132. The zero-order valence-electron chi connectivity index (χ0n) is 11.3. The van der Waals surface area contributed by atoms with E-state index in [4.69, 9.17) is 0 Å². The lowest BCUT2D eigenvalue weighted by Gasteiger charge is -2.38. The Morgan fingerprint density at radius 2 is 1.94 bits per heavy atom. The maximum atomic E-state index is 12.5. The fraction of sp³-hybridized carbons (Fsp3) is 0.929. The summed E-state index contributed by atoms with van der Waals surface area (Å²) in [6.07, 6.45) is 8.07. The van der Waals surface area contributed by atoms with Gasteiger partial charge in [0.2, 0.25) is 5.91 Å². The van der Waals surface area contributed by atoms with Crippen LogP contribution >= 0.6 is 0 Å². The fourth-order valence-electron chi connectivity index (χ4n) is 3.26. The van der Waals surface area contributed by atoms with E-state index in [-0.39, 0.29) is 16.9 Å². The molecule has 0 radical (unpaired) electrons. The van der Waals surface area contributed by atoms with Crippen LogP contribution in [-0.4, -0.2) is 24.5 Å². The summed E-state index contributed by atoms with van der Waals surface area (Å²) in [6, 6.07) is 0. The van der Waals surface area contributed by atoms with Gasteiger partial charge in [-0.2, -0.15) is 0 Å². The molecule has 2 N–H and O–H groups in total. The lowest BCUT2D eigenvalue weighted by atomic mass is 9.79. The zero-order valence-corrected chi connectivity index (χ0v) is 11.3. The Bertz CT molecular complexity index is 276. The smallest absolute Gasteiger partial charge is 0.227 e. The molecule has 0 aromatic heterocycles. The molecule has 3 nitrogen and oxygen atoms in total. The summed E-state index contributed by atoms with van der Waals surface area (Å²) in [6.45, 7) is 6.19. The van der Waals surface area contributed by atoms with Crippen molar-refractivity contribution in [1.29, 1.82) is 0 Å². The minimum Gasteiger partial charge on any atom is -0.350 e. The van der Waals surface area contributed by atoms with E-state index in [0.29, 0.717) is 0 Å². The van der Waals surface area contributed by atoms with Crippen molar-refractivity contribution < 1.29 is 4.79 Å². The second-order valence-electron chi connectivity index (χ2n) is 6.14. The molecule has 1 unspecified atom stereocenters. The van der Waals surface area contributed by atoms with Gasteiger partial charge < -0.3 is 10.6 Å². The highest BCUT2D eigenvalue weighted by molar-refractivity contribution is 5.84. The highest BCUT2D eigenvalue weighted by Crippen LogP contribution is 2.33. The predicted molar refractivity (Wildman–Crippen MR) is 69.8 cm³/mol. The first kappa shape index (κ1) is 12.9. The molecule has 0 bridgehead atoms. The molecule has 3 heteroatoms. The molecule has 0 aromatic carbocycles. The molecule has 1 saturated heterocycles. The third kappa shape index (κ3) is 2.65. The molecule has 1 atom stereocenters. The van der Waals surface area contributed by atoms with Crippen molar-refractivity contribution in [2.75, 3.05) is 13.1 Å². The van der Waals surface area contributed by atoms with Gasteiger partial charge in [0.1, 0.15) is 0 Å². The number of amides is 1. The van der Waals surface area contributed by atoms with Gasteiger partial charge >= 0.3 is 0 Å². The molecule has 98 valence electrons. The number of carbonyl (C=O) groups excluding carboxylic acids is 1. The Hall–Kier alpha value is -0.570. The minimum absolute atomic E-state index is 0.0556. The molecule has 1 aliphatic carbocycles. The number of rotatable bonds is 3. The zero-order chi connectivity index (χ0) is 12.4. The Kier molecular flexibility index (Phi) is 3.76. The van der Waals surface area contributed by atoms with Crippen molar-refractivity contribution in [3.8, 4) is 0 Å². The van der Waals surface area contributed by atoms with E-state index in [1.54, 1.807) is 0 Å². The summed E-state index contributed by atoms with van der Waals surface area (Å²) >= 11 is 0. The van der Waals surface area contributed by atoms with Crippen molar-refractivity contribution in [2.24, 2.45) is 5.41 Å². The van der Waals surface area contributed by atoms with Crippen LogP contribution in [0.15, 0.2) is 0 Å². The first-order valence-electron chi connectivity index (χ1n) is 7.14.